The summed E-state index contributed by atoms with van der Waals surface area (Å²) in [7, 11) is 1.60. The molecule has 1 fully saturated rings. The Morgan fingerprint density at radius 1 is 1.16 bits per heavy atom. The molecule has 1 amide bonds. The number of likely N-dealkylation sites (tertiary alicyclic amines) is 1. The van der Waals surface area contributed by atoms with Crippen molar-refractivity contribution in [1.82, 2.24) is 4.90 Å². The molecule has 2 aliphatic heterocycles. The monoisotopic (exact) mass is 457 g/mol. The summed E-state index contributed by atoms with van der Waals surface area (Å²) < 4.78 is 17.4. The second-order valence-electron chi connectivity index (χ2n) is 8.65. The molecule has 2 heterocycles. The van der Waals surface area contributed by atoms with Gasteiger partial charge in [-0.1, -0.05) is 11.6 Å². The van der Waals surface area contributed by atoms with Gasteiger partial charge in [0.25, 0.3) is 5.91 Å². The number of carbonyl (C=O) groups is 2. The highest BCUT2D eigenvalue weighted by molar-refractivity contribution is 6.32. The van der Waals surface area contributed by atoms with Crippen molar-refractivity contribution >= 4 is 23.3 Å². The summed E-state index contributed by atoms with van der Waals surface area (Å²) in [6.07, 6.45) is 0.888. The molecule has 0 saturated carbocycles. The normalized spacial score (nSPS) is 18.0. The van der Waals surface area contributed by atoms with E-state index in [-0.39, 0.29) is 11.7 Å². The van der Waals surface area contributed by atoms with Gasteiger partial charge in [0.2, 0.25) is 0 Å². The minimum absolute atomic E-state index is 0.0571. The number of hydrogen-bond donors (Lipinski definition) is 0. The molecule has 4 rings (SSSR count). The Balaban J connectivity index is 1.41. The third kappa shape index (κ3) is 4.16. The number of nitrogens with zero attached hydrogens (tertiary/aromatic N) is 1. The van der Waals surface area contributed by atoms with Gasteiger partial charge in [-0.3, -0.25) is 9.59 Å². The maximum absolute atomic E-state index is 13.0. The van der Waals surface area contributed by atoms with Crippen LogP contribution in [0.5, 0.6) is 17.2 Å². The van der Waals surface area contributed by atoms with Gasteiger partial charge < -0.3 is 19.1 Å². The summed E-state index contributed by atoms with van der Waals surface area (Å²) in [5.41, 5.74) is 1.68. The molecular weight excluding hydrogens is 430 g/mol. The molecule has 0 radical (unpaired) electrons. The van der Waals surface area contributed by atoms with Gasteiger partial charge in [0.1, 0.15) is 22.8 Å². The van der Waals surface area contributed by atoms with Crippen molar-refractivity contribution in [1.29, 1.82) is 0 Å². The number of rotatable bonds is 4. The van der Waals surface area contributed by atoms with E-state index in [1.54, 1.807) is 43.2 Å². The Morgan fingerprint density at radius 2 is 1.78 bits per heavy atom. The van der Waals surface area contributed by atoms with Crippen LogP contribution < -0.4 is 14.2 Å². The van der Waals surface area contributed by atoms with Crippen LogP contribution in [0.15, 0.2) is 30.3 Å². The average molecular weight is 458 g/mol. The first-order chi connectivity index (χ1) is 15.2. The predicted octanol–water partition coefficient (Wildman–Crippen LogP) is 4.76. The van der Waals surface area contributed by atoms with Crippen LogP contribution >= 0.6 is 11.6 Å². The second kappa shape index (κ2) is 8.66. The molecular formula is C25H28ClNO5. The number of methoxy groups -OCH3 is 1. The maximum Gasteiger partial charge on any atom is 0.263 e. The zero-order valence-electron chi connectivity index (χ0n) is 18.9. The van der Waals surface area contributed by atoms with Crippen molar-refractivity contribution in [3.63, 3.8) is 0 Å². The Labute approximate surface area is 193 Å². The van der Waals surface area contributed by atoms with Crippen LogP contribution in [-0.2, 0) is 4.79 Å². The SMILES string of the molecule is COc1ccc(OC(C)C(=O)N2CCC3(CC2)CC(=O)c2c(cc(C)c(Cl)c2C)O3)cc1. The lowest BCUT2D eigenvalue weighted by atomic mass is 9.81. The van der Waals surface area contributed by atoms with Crippen molar-refractivity contribution in [3.05, 3.63) is 52.0 Å². The van der Waals surface area contributed by atoms with Crippen molar-refractivity contribution in [2.24, 2.45) is 0 Å². The summed E-state index contributed by atoms with van der Waals surface area (Å²) >= 11 is 6.34. The number of ether oxygens (including phenoxy) is 3. The van der Waals surface area contributed by atoms with Crippen LogP contribution in [0.4, 0.5) is 0 Å². The number of amides is 1. The molecule has 1 saturated heterocycles. The fourth-order valence-electron chi connectivity index (χ4n) is 4.58. The highest BCUT2D eigenvalue weighted by atomic mass is 35.5. The number of hydrogen-bond acceptors (Lipinski definition) is 5. The molecule has 2 aromatic carbocycles. The van der Waals surface area contributed by atoms with Crippen LogP contribution in [0.2, 0.25) is 5.02 Å². The fourth-order valence-corrected chi connectivity index (χ4v) is 4.73. The molecule has 0 bridgehead atoms. The third-order valence-corrected chi connectivity index (χ3v) is 7.02. The summed E-state index contributed by atoms with van der Waals surface area (Å²) in [5.74, 6) is 1.94. The second-order valence-corrected chi connectivity index (χ2v) is 9.03. The quantitative estimate of drug-likeness (QED) is 0.662. The van der Waals surface area contributed by atoms with Gasteiger partial charge in [-0.15, -0.1) is 0 Å². The third-order valence-electron chi connectivity index (χ3n) is 6.44. The molecule has 1 atom stereocenters. The van der Waals surface area contributed by atoms with Gasteiger partial charge in [-0.05, 0) is 62.2 Å². The summed E-state index contributed by atoms with van der Waals surface area (Å²) in [6, 6.07) is 9.00. The summed E-state index contributed by atoms with van der Waals surface area (Å²) in [4.78, 5) is 27.7. The number of Topliss-reactive ketones (excluding diaryl/α,β-unsaturated/α-hetero) is 1. The Hall–Kier alpha value is -2.73. The first kappa shape index (κ1) is 22.5. The van der Waals surface area contributed by atoms with Gasteiger partial charge in [-0.25, -0.2) is 0 Å². The highest BCUT2D eigenvalue weighted by Crippen LogP contribution is 2.43. The minimum atomic E-state index is -0.612. The summed E-state index contributed by atoms with van der Waals surface area (Å²) in [6.45, 7) is 6.56. The van der Waals surface area contributed by atoms with Crippen molar-refractivity contribution < 1.29 is 23.8 Å². The van der Waals surface area contributed by atoms with E-state index >= 15 is 0 Å². The van der Waals surface area contributed by atoms with Crippen molar-refractivity contribution in [2.75, 3.05) is 20.2 Å². The lowest BCUT2D eigenvalue weighted by Gasteiger charge is -2.44. The number of piperidine rings is 1. The van der Waals surface area contributed by atoms with Gasteiger partial charge >= 0.3 is 0 Å². The number of benzene rings is 2. The first-order valence-corrected chi connectivity index (χ1v) is 11.2. The van der Waals surface area contributed by atoms with E-state index in [4.69, 9.17) is 25.8 Å². The zero-order chi connectivity index (χ0) is 23.0. The maximum atomic E-state index is 13.0. The molecule has 2 aliphatic rings. The average Bonchev–Trinajstić information content (AvgIpc) is 2.77. The lowest BCUT2D eigenvalue weighted by Crippen LogP contribution is -2.54. The Kier molecular flexibility index (Phi) is 6.08. The molecule has 0 N–H and O–H groups in total. The van der Waals surface area contributed by atoms with Crippen LogP contribution in [0, 0.1) is 13.8 Å². The number of carbonyl (C=O) groups excluding carboxylic acids is 2. The molecule has 170 valence electrons. The van der Waals surface area contributed by atoms with Gasteiger partial charge in [-0.2, -0.15) is 0 Å². The van der Waals surface area contributed by atoms with Crippen molar-refractivity contribution in [3.8, 4) is 17.2 Å². The molecule has 0 aliphatic carbocycles. The lowest BCUT2D eigenvalue weighted by molar-refractivity contribution is -0.141. The first-order valence-electron chi connectivity index (χ1n) is 10.8. The molecule has 2 aromatic rings. The fraction of sp³-hybridized carbons (Fsp3) is 0.440. The molecule has 1 unspecified atom stereocenters. The molecule has 7 heteroatoms. The Morgan fingerprint density at radius 3 is 2.41 bits per heavy atom. The predicted molar refractivity (Wildman–Crippen MR) is 122 cm³/mol. The van der Waals surface area contributed by atoms with E-state index < -0.39 is 11.7 Å². The van der Waals surface area contributed by atoms with E-state index in [2.05, 4.69) is 0 Å². The number of aryl methyl sites for hydroxylation is 1. The Bertz CT molecular complexity index is 1040. The molecule has 0 aromatic heterocycles. The standard InChI is InChI=1S/C25H28ClNO5/c1-15-13-21-22(16(2)23(15)26)20(28)14-25(32-21)9-11-27(12-10-25)24(29)17(3)31-19-7-5-18(30-4)6-8-19/h5-8,13,17H,9-12,14H2,1-4H3. The zero-order valence-corrected chi connectivity index (χ0v) is 19.6. The highest BCUT2D eigenvalue weighted by Gasteiger charge is 2.45. The van der Waals surface area contributed by atoms with Gasteiger partial charge in [0.05, 0.1) is 19.1 Å². The van der Waals surface area contributed by atoms with E-state index in [1.165, 1.54) is 0 Å². The molecule has 32 heavy (non-hydrogen) atoms. The molecule has 6 nitrogen and oxygen atoms in total. The topological polar surface area (TPSA) is 65.1 Å². The van der Waals surface area contributed by atoms with E-state index in [0.29, 0.717) is 54.4 Å². The van der Waals surface area contributed by atoms with E-state index in [0.717, 1.165) is 16.9 Å². The van der Waals surface area contributed by atoms with Crippen LogP contribution in [0.3, 0.4) is 0 Å². The smallest absolute Gasteiger partial charge is 0.263 e. The van der Waals surface area contributed by atoms with E-state index in [1.807, 2.05) is 19.9 Å². The number of fused-ring (bicyclic) bond motifs is 1. The van der Waals surface area contributed by atoms with E-state index in [9.17, 15) is 9.59 Å². The summed E-state index contributed by atoms with van der Waals surface area (Å²) in [5, 5.41) is 0.614. The largest absolute Gasteiger partial charge is 0.497 e. The van der Waals surface area contributed by atoms with Crippen LogP contribution in [0.25, 0.3) is 0 Å². The van der Waals surface area contributed by atoms with Crippen LogP contribution in [-0.4, -0.2) is 48.5 Å². The molecule has 1 spiro atoms. The van der Waals surface area contributed by atoms with Crippen LogP contribution in [0.1, 0.15) is 47.7 Å². The minimum Gasteiger partial charge on any atom is -0.497 e. The number of ketones is 1. The van der Waals surface area contributed by atoms with Gasteiger partial charge in [0.15, 0.2) is 11.9 Å². The number of halogens is 1. The van der Waals surface area contributed by atoms with Gasteiger partial charge in [0, 0.05) is 31.0 Å². The van der Waals surface area contributed by atoms with Crippen molar-refractivity contribution in [2.45, 2.75) is 51.7 Å².